The van der Waals surface area contributed by atoms with Gasteiger partial charge in [0.05, 0.1) is 6.54 Å². The average molecular weight is 314 g/mol. The third kappa shape index (κ3) is 3.94. The molecule has 0 aromatic carbocycles. The van der Waals surface area contributed by atoms with Crippen LogP contribution in [0.25, 0.3) is 0 Å². The maximum absolute atomic E-state index is 12.4. The van der Waals surface area contributed by atoms with Crippen molar-refractivity contribution in [1.29, 1.82) is 0 Å². The number of aliphatic carboxylic acids is 1. The molecule has 0 aliphatic carbocycles. The van der Waals surface area contributed by atoms with Crippen LogP contribution in [0.5, 0.6) is 0 Å². The van der Waals surface area contributed by atoms with Gasteiger partial charge in [0.2, 0.25) is 17.7 Å². The summed E-state index contributed by atoms with van der Waals surface area (Å²) in [5.74, 6) is -2.83. The molecule has 1 rings (SSSR count). The Hall–Kier alpha value is -2.16. The van der Waals surface area contributed by atoms with Crippen LogP contribution >= 0.6 is 0 Å². The van der Waals surface area contributed by atoms with Crippen LogP contribution in [-0.2, 0) is 19.2 Å². The second kappa shape index (κ2) is 7.21. The first-order valence-corrected chi connectivity index (χ1v) is 7.05. The lowest BCUT2D eigenvalue weighted by Gasteiger charge is -2.34. The maximum Gasteiger partial charge on any atom is 0.326 e. The molecule has 22 heavy (non-hydrogen) atoms. The molecule has 1 aliphatic rings. The zero-order valence-electron chi connectivity index (χ0n) is 12.5. The third-order valence-electron chi connectivity index (χ3n) is 3.89. The highest BCUT2D eigenvalue weighted by Gasteiger charge is 2.46. The van der Waals surface area contributed by atoms with Gasteiger partial charge in [-0.1, -0.05) is 0 Å². The average Bonchev–Trinajstić information content (AvgIpc) is 2.85. The van der Waals surface area contributed by atoms with Crippen LogP contribution in [0, 0.1) is 0 Å². The Morgan fingerprint density at radius 3 is 2.50 bits per heavy atom. The third-order valence-corrected chi connectivity index (χ3v) is 3.89. The van der Waals surface area contributed by atoms with Gasteiger partial charge in [0.15, 0.2) is 0 Å². The molecule has 0 saturated carbocycles. The Labute approximate surface area is 128 Å². The van der Waals surface area contributed by atoms with Crippen molar-refractivity contribution in [3.05, 3.63) is 0 Å². The molecule has 0 radical (unpaired) electrons. The van der Waals surface area contributed by atoms with Crippen molar-refractivity contribution < 1.29 is 24.3 Å². The van der Waals surface area contributed by atoms with Gasteiger partial charge >= 0.3 is 5.97 Å². The number of carbonyl (C=O) groups is 4. The van der Waals surface area contributed by atoms with Crippen LogP contribution in [0.3, 0.4) is 0 Å². The van der Waals surface area contributed by atoms with E-state index in [1.165, 1.54) is 4.90 Å². The van der Waals surface area contributed by atoms with E-state index in [2.05, 4.69) is 5.32 Å². The number of nitrogens with one attached hydrogen (secondary N) is 1. The van der Waals surface area contributed by atoms with Crippen LogP contribution in [0.4, 0.5) is 0 Å². The molecule has 0 aromatic rings. The van der Waals surface area contributed by atoms with Crippen LogP contribution < -0.4 is 16.8 Å². The first-order valence-electron chi connectivity index (χ1n) is 7.05. The number of primary amides is 1. The number of nitrogens with two attached hydrogens (primary N) is 2. The lowest BCUT2D eigenvalue weighted by molar-refractivity contribution is -0.147. The summed E-state index contributed by atoms with van der Waals surface area (Å²) in [7, 11) is 0. The molecule has 1 aliphatic heterocycles. The number of carboxylic acids is 1. The zero-order valence-corrected chi connectivity index (χ0v) is 12.5. The van der Waals surface area contributed by atoms with E-state index in [0.29, 0.717) is 19.4 Å². The number of amides is 3. The molecule has 9 heteroatoms. The summed E-state index contributed by atoms with van der Waals surface area (Å²) in [5.41, 5.74) is 9.20. The Balaban J connectivity index is 2.81. The van der Waals surface area contributed by atoms with E-state index in [9.17, 15) is 19.2 Å². The minimum atomic E-state index is -1.26. The number of rotatable bonds is 7. The van der Waals surface area contributed by atoms with Crippen LogP contribution in [0.2, 0.25) is 0 Å². The largest absolute Gasteiger partial charge is 0.480 e. The highest BCUT2D eigenvalue weighted by molar-refractivity contribution is 5.94. The van der Waals surface area contributed by atoms with Crippen molar-refractivity contribution in [3.8, 4) is 0 Å². The van der Waals surface area contributed by atoms with E-state index >= 15 is 0 Å². The SMILES string of the molecule is C[C@@]1(C(=O)N[C@@H](CCC(N)=O)C(=O)O)CCCN1C(=O)CN. The van der Waals surface area contributed by atoms with E-state index in [-0.39, 0.29) is 25.3 Å². The maximum atomic E-state index is 12.4. The zero-order chi connectivity index (χ0) is 16.9. The summed E-state index contributed by atoms with van der Waals surface area (Å²) in [6.07, 6.45) is 0.804. The number of carboxylic acid groups (broad SMARTS) is 1. The molecule has 0 unspecified atom stereocenters. The molecule has 1 saturated heterocycles. The molecule has 6 N–H and O–H groups in total. The monoisotopic (exact) mass is 314 g/mol. The molecule has 1 heterocycles. The standard InChI is InChI=1S/C13H22N4O5/c1-13(5-2-6-17(13)10(19)7-14)12(22)16-8(11(20)21)3-4-9(15)18/h8H,2-7,14H2,1H3,(H2,15,18)(H,16,22)(H,20,21)/t8-,13-/m0/s1. The fourth-order valence-corrected chi connectivity index (χ4v) is 2.57. The molecule has 3 amide bonds. The van der Waals surface area contributed by atoms with Crippen molar-refractivity contribution in [3.63, 3.8) is 0 Å². The fourth-order valence-electron chi connectivity index (χ4n) is 2.57. The molecule has 0 bridgehead atoms. The van der Waals surface area contributed by atoms with Gasteiger partial charge in [-0.25, -0.2) is 4.79 Å². The summed E-state index contributed by atoms with van der Waals surface area (Å²) in [5, 5.41) is 11.5. The number of nitrogens with zero attached hydrogens (tertiary/aromatic N) is 1. The topological polar surface area (TPSA) is 156 Å². The van der Waals surface area contributed by atoms with Gasteiger partial charge in [0, 0.05) is 13.0 Å². The Bertz CT molecular complexity index is 481. The van der Waals surface area contributed by atoms with E-state index in [1.807, 2.05) is 0 Å². The summed E-state index contributed by atoms with van der Waals surface area (Å²) in [6.45, 7) is 1.77. The fraction of sp³-hybridized carbons (Fsp3) is 0.692. The summed E-state index contributed by atoms with van der Waals surface area (Å²) in [4.78, 5) is 47.5. The van der Waals surface area contributed by atoms with Gasteiger partial charge in [-0.15, -0.1) is 0 Å². The van der Waals surface area contributed by atoms with Crippen molar-refractivity contribution in [2.75, 3.05) is 13.1 Å². The van der Waals surface area contributed by atoms with E-state index in [4.69, 9.17) is 16.6 Å². The van der Waals surface area contributed by atoms with Gasteiger partial charge in [-0.3, -0.25) is 14.4 Å². The van der Waals surface area contributed by atoms with E-state index in [0.717, 1.165) is 0 Å². The molecule has 124 valence electrons. The number of likely N-dealkylation sites (tertiary alicyclic amines) is 1. The van der Waals surface area contributed by atoms with Crippen molar-refractivity contribution >= 4 is 23.7 Å². The minimum Gasteiger partial charge on any atom is -0.480 e. The molecular weight excluding hydrogens is 292 g/mol. The highest BCUT2D eigenvalue weighted by Crippen LogP contribution is 2.29. The van der Waals surface area contributed by atoms with Crippen LogP contribution in [-0.4, -0.2) is 58.4 Å². The van der Waals surface area contributed by atoms with E-state index in [1.54, 1.807) is 6.92 Å². The second-order valence-electron chi connectivity index (χ2n) is 5.50. The van der Waals surface area contributed by atoms with Crippen LogP contribution in [0.1, 0.15) is 32.6 Å². The second-order valence-corrected chi connectivity index (χ2v) is 5.50. The van der Waals surface area contributed by atoms with Crippen molar-refractivity contribution in [2.24, 2.45) is 11.5 Å². The summed E-state index contributed by atoms with van der Waals surface area (Å²) < 4.78 is 0. The lowest BCUT2D eigenvalue weighted by Crippen LogP contribution is -2.59. The first-order chi connectivity index (χ1) is 10.2. The normalized spacial score (nSPS) is 22.2. The quantitative estimate of drug-likeness (QED) is 0.432. The number of carbonyl (C=O) groups excluding carboxylic acids is 3. The Morgan fingerprint density at radius 2 is 2.00 bits per heavy atom. The first kappa shape index (κ1) is 17.9. The van der Waals surface area contributed by atoms with Crippen molar-refractivity contribution in [2.45, 2.75) is 44.2 Å². The highest BCUT2D eigenvalue weighted by atomic mass is 16.4. The lowest BCUT2D eigenvalue weighted by atomic mass is 9.96. The number of hydrogen-bond donors (Lipinski definition) is 4. The Morgan fingerprint density at radius 1 is 1.36 bits per heavy atom. The molecule has 1 fully saturated rings. The van der Waals surface area contributed by atoms with E-state index < -0.39 is 29.4 Å². The van der Waals surface area contributed by atoms with Gasteiger partial charge < -0.3 is 26.8 Å². The predicted octanol–water partition coefficient (Wildman–Crippen LogP) is -1.84. The van der Waals surface area contributed by atoms with Crippen molar-refractivity contribution in [1.82, 2.24) is 10.2 Å². The summed E-state index contributed by atoms with van der Waals surface area (Å²) in [6, 6.07) is -1.23. The van der Waals surface area contributed by atoms with Gasteiger partial charge in [-0.05, 0) is 26.2 Å². The molecule has 0 spiro atoms. The Kier molecular flexibility index (Phi) is 5.86. The minimum absolute atomic E-state index is 0.0999. The smallest absolute Gasteiger partial charge is 0.326 e. The predicted molar refractivity (Wildman–Crippen MR) is 76.4 cm³/mol. The molecular formula is C13H22N4O5. The molecule has 9 nitrogen and oxygen atoms in total. The van der Waals surface area contributed by atoms with Gasteiger partial charge in [0.1, 0.15) is 11.6 Å². The van der Waals surface area contributed by atoms with Crippen LogP contribution in [0.15, 0.2) is 0 Å². The molecule has 2 atom stereocenters. The summed E-state index contributed by atoms with van der Waals surface area (Å²) >= 11 is 0. The molecule has 0 aromatic heterocycles. The number of hydrogen-bond acceptors (Lipinski definition) is 5. The van der Waals surface area contributed by atoms with Gasteiger partial charge in [-0.2, -0.15) is 0 Å². The van der Waals surface area contributed by atoms with Gasteiger partial charge in [0.25, 0.3) is 0 Å².